The fourth-order valence-corrected chi connectivity index (χ4v) is 2.42. The van der Waals surface area contributed by atoms with E-state index in [1.807, 2.05) is 0 Å². The number of hydrogen-bond acceptors (Lipinski definition) is 5. The lowest BCUT2D eigenvalue weighted by atomic mass is 10.4. The average Bonchev–Trinajstić information content (AvgIpc) is 2.50. The molecule has 0 fully saturated rings. The van der Waals surface area contributed by atoms with E-state index in [9.17, 15) is 18.0 Å². The highest BCUT2D eigenvalue weighted by Crippen LogP contribution is 2.11. The van der Waals surface area contributed by atoms with Crippen molar-refractivity contribution in [1.82, 2.24) is 4.90 Å². The summed E-state index contributed by atoms with van der Waals surface area (Å²) in [7, 11) is -0.907. The number of rotatable bonds is 6. The third-order valence-corrected chi connectivity index (χ3v) is 4.14. The number of likely N-dealkylation sites (N-methyl/N-ethyl adjacent to an activating group) is 1. The Hall–Kier alpha value is -2.15. The summed E-state index contributed by atoms with van der Waals surface area (Å²) < 4.78 is 28.3. The molecule has 6 nitrogen and oxygen atoms in total. The summed E-state index contributed by atoms with van der Waals surface area (Å²) in [6.07, 6.45) is 1.03. The molecule has 0 radical (unpaired) electrons. The van der Waals surface area contributed by atoms with Crippen LogP contribution >= 0.6 is 0 Å². The van der Waals surface area contributed by atoms with Crippen molar-refractivity contribution in [3.05, 3.63) is 41.8 Å². The van der Waals surface area contributed by atoms with Crippen LogP contribution in [0.4, 0.5) is 0 Å². The van der Waals surface area contributed by atoms with Crippen molar-refractivity contribution in [3.63, 3.8) is 0 Å². The maximum atomic E-state index is 11.9. The highest BCUT2D eigenvalue weighted by atomic mass is 32.2. The Labute approximate surface area is 123 Å². The Balaban J connectivity index is 2.67. The number of hydrogen-bond donors (Lipinski definition) is 0. The van der Waals surface area contributed by atoms with Gasteiger partial charge >= 0.3 is 5.97 Å². The van der Waals surface area contributed by atoms with Crippen molar-refractivity contribution in [2.24, 2.45) is 0 Å². The van der Waals surface area contributed by atoms with Gasteiger partial charge in [-0.15, -0.1) is 0 Å². The van der Waals surface area contributed by atoms with Crippen LogP contribution in [0.15, 0.2) is 46.7 Å². The van der Waals surface area contributed by atoms with Crippen LogP contribution < -0.4 is 0 Å². The van der Waals surface area contributed by atoms with Crippen LogP contribution in [-0.4, -0.2) is 45.9 Å². The van der Waals surface area contributed by atoms with Gasteiger partial charge in [-0.25, -0.2) is 8.42 Å². The number of esters is 1. The molecule has 1 rings (SSSR count). The second-order valence-corrected chi connectivity index (χ2v) is 6.08. The molecule has 0 aliphatic heterocycles. The Bertz CT molecular complexity index is 622. The summed E-state index contributed by atoms with van der Waals surface area (Å²) in [4.78, 5) is 24.1. The van der Waals surface area contributed by atoms with Crippen molar-refractivity contribution in [2.45, 2.75) is 11.3 Å². The van der Waals surface area contributed by atoms with Crippen molar-refractivity contribution >= 4 is 21.7 Å². The quantitative estimate of drug-likeness (QED) is 0.578. The monoisotopic (exact) mass is 311 g/mol. The molecule has 0 bridgehead atoms. The second kappa shape index (κ2) is 7.58. The van der Waals surface area contributed by atoms with Crippen molar-refractivity contribution in [1.29, 1.82) is 0 Å². The fraction of sp³-hybridized carbons (Fsp3) is 0.286. The number of nitrogens with zero attached hydrogens (tertiary/aromatic N) is 1. The maximum absolute atomic E-state index is 11.9. The van der Waals surface area contributed by atoms with Crippen LogP contribution in [0.2, 0.25) is 0 Å². The van der Waals surface area contributed by atoms with E-state index in [0.717, 1.165) is 11.5 Å². The molecule has 0 saturated heterocycles. The van der Waals surface area contributed by atoms with Crippen LogP contribution in [0.1, 0.15) is 6.42 Å². The lowest BCUT2D eigenvalue weighted by Crippen LogP contribution is -2.27. The highest BCUT2D eigenvalue weighted by Gasteiger charge is 2.12. The number of sulfone groups is 1. The molecule has 21 heavy (non-hydrogen) atoms. The Morgan fingerprint density at radius 3 is 2.43 bits per heavy atom. The number of amides is 1. The molecule has 0 saturated carbocycles. The molecule has 1 aromatic carbocycles. The molecule has 0 aliphatic rings. The average molecular weight is 311 g/mol. The molecule has 114 valence electrons. The van der Waals surface area contributed by atoms with Gasteiger partial charge in [0.15, 0.2) is 9.84 Å². The molecule has 1 aromatic rings. The van der Waals surface area contributed by atoms with Gasteiger partial charge in [0.05, 0.1) is 18.4 Å². The minimum atomic E-state index is -3.64. The summed E-state index contributed by atoms with van der Waals surface area (Å²) in [6.45, 7) is 0.154. The van der Waals surface area contributed by atoms with E-state index in [4.69, 9.17) is 0 Å². The predicted molar refractivity (Wildman–Crippen MR) is 77.0 cm³/mol. The lowest BCUT2D eigenvalue weighted by molar-refractivity contribution is -0.141. The zero-order valence-corrected chi connectivity index (χ0v) is 12.7. The first kappa shape index (κ1) is 16.9. The zero-order valence-electron chi connectivity index (χ0n) is 11.9. The number of carbonyl (C=O) groups excluding carboxylic acids is 2. The second-order valence-electron chi connectivity index (χ2n) is 4.25. The summed E-state index contributed by atoms with van der Waals surface area (Å²) in [5.74, 6) is -0.936. The van der Waals surface area contributed by atoms with Gasteiger partial charge in [0.25, 0.3) is 0 Å². The van der Waals surface area contributed by atoms with Gasteiger partial charge in [0, 0.05) is 25.1 Å². The topological polar surface area (TPSA) is 80.8 Å². The molecular weight excluding hydrogens is 294 g/mol. The van der Waals surface area contributed by atoms with Crippen LogP contribution in [0, 0.1) is 0 Å². The third-order valence-electron chi connectivity index (χ3n) is 2.72. The summed E-state index contributed by atoms with van der Waals surface area (Å²) in [6, 6.07) is 7.81. The Morgan fingerprint density at radius 2 is 1.86 bits per heavy atom. The van der Waals surface area contributed by atoms with Crippen molar-refractivity contribution in [3.8, 4) is 0 Å². The predicted octanol–water partition coefficient (Wildman–Crippen LogP) is 0.995. The van der Waals surface area contributed by atoms with E-state index < -0.39 is 21.7 Å². The van der Waals surface area contributed by atoms with Crippen LogP contribution in [0.3, 0.4) is 0 Å². The molecule has 0 spiro atoms. The number of methoxy groups -OCH3 is 1. The van der Waals surface area contributed by atoms with Crippen LogP contribution in [0.25, 0.3) is 0 Å². The van der Waals surface area contributed by atoms with Crippen LogP contribution in [-0.2, 0) is 24.2 Å². The van der Waals surface area contributed by atoms with E-state index in [1.54, 1.807) is 18.2 Å². The Morgan fingerprint density at radius 1 is 1.24 bits per heavy atom. The molecule has 1 amide bonds. The van der Waals surface area contributed by atoms with Crippen molar-refractivity contribution in [2.75, 3.05) is 20.7 Å². The third kappa shape index (κ3) is 5.39. The number of benzene rings is 1. The normalized spacial score (nSPS) is 11.3. The molecule has 0 heterocycles. The largest absolute Gasteiger partial charge is 0.469 e. The van der Waals surface area contributed by atoms with Gasteiger partial charge in [-0.1, -0.05) is 18.2 Å². The van der Waals surface area contributed by atoms with Crippen LogP contribution in [0.5, 0.6) is 0 Å². The molecule has 0 atom stereocenters. The molecule has 0 aromatic heterocycles. The Kier molecular flexibility index (Phi) is 6.10. The van der Waals surface area contributed by atoms with Gasteiger partial charge in [0.1, 0.15) is 0 Å². The van der Waals surface area contributed by atoms with E-state index in [2.05, 4.69) is 4.74 Å². The highest BCUT2D eigenvalue weighted by molar-refractivity contribution is 7.94. The SMILES string of the molecule is COC(=O)CCN(C)C(=O)C=CS(=O)(=O)c1ccccc1. The van der Waals surface area contributed by atoms with Gasteiger partial charge in [-0.2, -0.15) is 0 Å². The van der Waals surface area contributed by atoms with Gasteiger partial charge in [-0.3, -0.25) is 9.59 Å². The summed E-state index contributed by atoms with van der Waals surface area (Å²) in [5, 5.41) is 0.860. The molecule has 0 N–H and O–H groups in total. The molecular formula is C14H17NO5S. The lowest BCUT2D eigenvalue weighted by Gasteiger charge is -2.13. The minimum absolute atomic E-state index is 0.0536. The maximum Gasteiger partial charge on any atom is 0.307 e. The fourth-order valence-electron chi connectivity index (χ4n) is 1.44. The van der Waals surface area contributed by atoms with Gasteiger partial charge in [-0.05, 0) is 12.1 Å². The van der Waals surface area contributed by atoms with E-state index in [1.165, 1.54) is 31.2 Å². The molecule has 0 aliphatic carbocycles. The zero-order chi connectivity index (χ0) is 15.9. The van der Waals surface area contributed by atoms with E-state index in [-0.39, 0.29) is 17.9 Å². The minimum Gasteiger partial charge on any atom is -0.469 e. The summed E-state index contributed by atoms with van der Waals surface area (Å²) in [5.41, 5.74) is 0. The number of ether oxygens (including phenoxy) is 1. The standard InChI is InChI=1S/C14H17NO5S/c1-15(10-8-14(17)20-2)13(16)9-11-21(18,19)12-6-4-3-5-7-12/h3-7,9,11H,8,10H2,1-2H3. The van der Waals surface area contributed by atoms with E-state index in [0.29, 0.717) is 0 Å². The van der Waals surface area contributed by atoms with E-state index >= 15 is 0 Å². The first-order valence-corrected chi connectivity index (χ1v) is 7.71. The first-order valence-electron chi connectivity index (χ1n) is 6.17. The van der Waals surface area contributed by atoms with Gasteiger partial charge in [0.2, 0.25) is 5.91 Å². The molecule has 0 unspecified atom stereocenters. The molecule has 7 heteroatoms. The van der Waals surface area contributed by atoms with Crippen molar-refractivity contribution < 1.29 is 22.7 Å². The first-order chi connectivity index (χ1) is 9.86. The number of carbonyl (C=O) groups is 2. The summed E-state index contributed by atoms with van der Waals surface area (Å²) >= 11 is 0. The smallest absolute Gasteiger partial charge is 0.307 e. The van der Waals surface area contributed by atoms with Gasteiger partial charge < -0.3 is 9.64 Å².